The van der Waals surface area contributed by atoms with Crippen molar-refractivity contribution >= 4 is 17.7 Å². The zero-order valence-electron chi connectivity index (χ0n) is 13.5. The number of amides is 1. The summed E-state index contributed by atoms with van der Waals surface area (Å²) >= 11 is 0. The van der Waals surface area contributed by atoms with Crippen molar-refractivity contribution in [2.75, 3.05) is 13.7 Å². The minimum atomic E-state index is -0.750. The number of carbonyl (C=O) groups excluding carboxylic acids is 3. The summed E-state index contributed by atoms with van der Waals surface area (Å²) in [7, 11) is 1.29. The highest BCUT2D eigenvalue weighted by molar-refractivity contribution is 6.00. The number of ether oxygens (including phenoxy) is 1. The molecule has 120 valence electrons. The lowest BCUT2D eigenvalue weighted by atomic mass is 9.96. The first-order valence-corrected chi connectivity index (χ1v) is 7.35. The second-order valence-corrected chi connectivity index (χ2v) is 5.29. The summed E-state index contributed by atoms with van der Waals surface area (Å²) in [5, 5.41) is 0. The minimum Gasteiger partial charge on any atom is -0.467 e. The molecule has 0 radical (unpaired) electrons. The molecular weight excluding hydrogens is 282 g/mol. The number of Topliss-reactive ketones (excluding diaryl/α,β-unsaturated/α-hetero) is 1. The quantitative estimate of drug-likeness (QED) is 0.573. The first-order valence-electron chi connectivity index (χ1n) is 7.35. The van der Waals surface area contributed by atoms with Crippen molar-refractivity contribution in [3.8, 4) is 0 Å². The molecule has 0 N–H and O–H groups in total. The Labute approximate surface area is 131 Å². The molecule has 0 saturated carbocycles. The standard InChI is InChI=1S/C17H23NO4/c1-5-12(2)16(17(21)22-4)18(13(3)19)11-15(20)14-9-7-6-8-10-14/h6-10,12,16H,5,11H2,1-4H3. The van der Waals surface area contributed by atoms with Gasteiger partial charge in [-0.15, -0.1) is 0 Å². The second kappa shape index (κ2) is 8.32. The molecule has 0 aromatic heterocycles. The fourth-order valence-electron chi connectivity index (χ4n) is 2.29. The highest BCUT2D eigenvalue weighted by Crippen LogP contribution is 2.17. The van der Waals surface area contributed by atoms with Gasteiger partial charge in [-0.2, -0.15) is 0 Å². The summed E-state index contributed by atoms with van der Waals surface area (Å²) in [6, 6.07) is 7.97. The number of carbonyl (C=O) groups is 3. The van der Waals surface area contributed by atoms with E-state index in [1.165, 1.54) is 18.9 Å². The van der Waals surface area contributed by atoms with Crippen molar-refractivity contribution in [1.29, 1.82) is 0 Å². The first-order chi connectivity index (χ1) is 10.4. The Bertz CT molecular complexity index is 527. The molecule has 1 amide bonds. The van der Waals surface area contributed by atoms with Crippen LogP contribution in [0, 0.1) is 5.92 Å². The first kappa shape index (κ1) is 17.9. The number of esters is 1. The molecule has 1 aromatic rings. The van der Waals surface area contributed by atoms with E-state index in [0.717, 1.165) is 0 Å². The van der Waals surface area contributed by atoms with Crippen molar-refractivity contribution in [2.24, 2.45) is 5.92 Å². The van der Waals surface area contributed by atoms with Gasteiger partial charge in [0.15, 0.2) is 5.78 Å². The fraction of sp³-hybridized carbons (Fsp3) is 0.471. The van der Waals surface area contributed by atoms with Gasteiger partial charge >= 0.3 is 5.97 Å². The third kappa shape index (κ3) is 4.41. The maximum atomic E-state index is 12.3. The molecule has 1 rings (SSSR count). The van der Waals surface area contributed by atoms with Crippen molar-refractivity contribution < 1.29 is 19.1 Å². The summed E-state index contributed by atoms with van der Waals surface area (Å²) in [5.74, 6) is -1.11. The summed E-state index contributed by atoms with van der Waals surface area (Å²) in [4.78, 5) is 37.6. The van der Waals surface area contributed by atoms with Crippen LogP contribution in [0.4, 0.5) is 0 Å². The Morgan fingerprint density at radius 3 is 2.23 bits per heavy atom. The van der Waals surface area contributed by atoms with Crippen LogP contribution in [0.25, 0.3) is 0 Å². The van der Waals surface area contributed by atoms with Gasteiger partial charge in [0.2, 0.25) is 5.91 Å². The molecule has 0 aliphatic heterocycles. The van der Waals surface area contributed by atoms with Crippen molar-refractivity contribution in [1.82, 2.24) is 4.90 Å². The van der Waals surface area contributed by atoms with Gasteiger partial charge in [0.1, 0.15) is 6.04 Å². The average Bonchev–Trinajstić information content (AvgIpc) is 2.53. The van der Waals surface area contributed by atoms with Crippen LogP contribution in [-0.4, -0.2) is 42.3 Å². The molecule has 0 aliphatic carbocycles. The van der Waals surface area contributed by atoms with Gasteiger partial charge in [-0.3, -0.25) is 9.59 Å². The van der Waals surface area contributed by atoms with Crippen LogP contribution in [0.15, 0.2) is 30.3 Å². The van der Waals surface area contributed by atoms with Crippen LogP contribution < -0.4 is 0 Å². The van der Waals surface area contributed by atoms with E-state index in [1.807, 2.05) is 19.9 Å². The molecule has 1 aromatic carbocycles. The Morgan fingerprint density at radius 2 is 1.77 bits per heavy atom. The SMILES string of the molecule is CCC(C)C(C(=O)OC)N(CC(=O)c1ccccc1)C(C)=O. The van der Waals surface area contributed by atoms with Gasteiger partial charge in [0, 0.05) is 12.5 Å². The summed E-state index contributed by atoms with van der Waals surface area (Å²) in [6.07, 6.45) is 0.697. The summed E-state index contributed by atoms with van der Waals surface area (Å²) < 4.78 is 4.81. The van der Waals surface area contributed by atoms with Gasteiger partial charge in [-0.05, 0) is 5.92 Å². The predicted octanol–water partition coefficient (Wildman–Crippen LogP) is 2.31. The number of nitrogens with zero attached hydrogens (tertiary/aromatic N) is 1. The molecule has 0 heterocycles. The average molecular weight is 305 g/mol. The van der Waals surface area contributed by atoms with Gasteiger partial charge in [-0.1, -0.05) is 50.6 Å². The molecule has 2 atom stereocenters. The van der Waals surface area contributed by atoms with Crippen molar-refractivity contribution in [3.05, 3.63) is 35.9 Å². The van der Waals surface area contributed by atoms with E-state index in [0.29, 0.717) is 12.0 Å². The van der Waals surface area contributed by atoms with Crippen LogP contribution in [0.3, 0.4) is 0 Å². The van der Waals surface area contributed by atoms with E-state index < -0.39 is 12.0 Å². The van der Waals surface area contributed by atoms with Gasteiger partial charge < -0.3 is 9.64 Å². The van der Waals surface area contributed by atoms with Crippen LogP contribution in [-0.2, 0) is 14.3 Å². The van der Waals surface area contributed by atoms with Gasteiger partial charge in [0.25, 0.3) is 0 Å². The molecule has 0 spiro atoms. The third-order valence-corrected chi connectivity index (χ3v) is 3.78. The number of rotatable bonds is 7. The van der Waals surface area contributed by atoms with E-state index in [9.17, 15) is 14.4 Å². The van der Waals surface area contributed by atoms with Crippen LogP contribution in [0.2, 0.25) is 0 Å². The molecule has 0 fully saturated rings. The number of hydrogen-bond acceptors (Lipinski definition) is 4. The van der Waals surface area contributed by atoms with Gasteiger partial charge in [0.05, 0.1) is 13.7 Å². The van der Waals surface area contributed by atoms with Crippen LogP contribution in [0.1, 0.15) is 37.6 Å². The predicted molar refractivity (Wildman–Crippen MR) is 83.4 cm³/mol. The minimum absolute atomic E-state index is 0.0973. The highest BCUT2D eigenvalue weighted by Gasteiger charge is 2.34. The zero-order valence-corrected chi connectivity index (χ0v) is 13.5. The Kier molecular flexibility index (Phi) is 6.76. The molecule has 0 bridgehead atoms. The maximum Gasteiger partial charge on any atom is 0.328 e. The molecule has 0 aliphatic rings. The number of ketones is 1. The number of methoxy groups -OCH3 is 1. The second-order valence-electron chi connectivity index (χ2n) is 5.29. The lowest BCUT2D eigenvalue weighted by Crippen LogP contribution is -2.50. The molecule has 22 heavy (non-hydrogen) atoms. The third-order valence-electron chi connectivity index (χ3n) is 3.78. The zero-order chi connectivity index (χ0) is 16.7. The van der Waals surface area contributed by atoms with Crippen molar-refractivity contribution in [2.45, 2.75) is 33.2 Å². The lowest BCUT2D eigenvalue weighted by Gasteiger charge is -2.32. The van der Waals surface area contributed by atoms with E-state index in [4.69, 9.17) is 4.74 Å². The maximum absolute atomic E-state index is 12.3. The fourth-order valence-corrected chi connectivity index (χ4v) is 2.29. The summed E-state index contributed by atoms with van der Waals surface area (Å²) in [5.41, 5.74) is 0.515. The lowest BCUT2D eigenvalue weighted by molar-refractivity contribution is -0.154. The van der Waals surface area contributed by atoms with E-state index in [2.05, 4.69) is 0 Å². The molecule has 5 nitrogen and oxygen atoms in total. The smallest absolute Gasteiger partial charge is 0.328 e. The number of hydrogen-bond donors (Lipinski definition) is 0. The molecule has 5 heteroatoms. The van der Waals surface area contributed by atoms with E-state index in [-0.39, 0.29) is 24.2 Å². The number of benzene rings is 1. The van der Waals surface area contributed by atoms with E-state index >= 15 is 0 Å². The van der Waals surface area contributed by atoms with Crippen LogP contribution in [0.5, 0.6) is 0 Å². The Morgan fingerprint density at radius 1 is 1.18 bits per heavy atom. The van der Waals surface area contributed by atoms with Crippen molar-refractivity contribution in [3.63, 3.8) is 0 Å². The van der Waals surface area contributed by atoms with Gasteiger partial charge in [-0.25, -0.2) is 4.79 Å². The largest absolute Gasteiger partial charge is 0.467 e. The molecular formula is C17H23NO4. The van der Waals surface area contributed by atoms with E-state index in [1.54, 1.807) is 24.3 Å². The Balaban J connectivity index is 3.03. The highest BCUT2D eigenvalue weighted by atomic mass is 16.5. The Hall–Kier alpha value is -2.17. The molecule has 2 unspecified atom stereocenters. The monoisotopic (exact) mass is 305 g/mol. The molecule has 0 saturated heterocycles. The normalized spacial score (nSPS) is 13.1. The van der Waals surface area contributed by atoms with Crippen LogP contribution >= 0.6 is 0 Å². The summed E-state index contributed by atoms with van der Waals surface area (Å²) in [6.45, 7) is 5.02. The topological polar surface area (TPSA) is 63.7 Å².